The van der Waals surface area contributed by atoms with Crippen molar-refractivity contribution in [3.05, 3.63) is 74.1 Å². The van der Waals surface area contributed by atoms with E-state index in [4.69, 9.17) is 9.47 Å². The van der Waals surface area contributed by atoms with Crippen LogP contribution in [0.3, 0.4) is 0 Å². The van der Waals surface area contributed by atoms with Crippen LogP contribution in [0.2, 0.25) is 0 Å². The summed E-state index contributed by atoms with van der Waals surface area (Å²) in [4.78, 5) is 30.4. The van der Waals surface area contributed by atoms with Crippen LogP contribution in [0.15, 0.2) is 47.0 Å². The van der Waals surface area contributed by atoms with Crippen molar-refractivity contribution in [3.63, 3.8) is 0 Å². The average Bonchev–Trinajstić information content (AvgIpc) is 3.25. The van der Waals surface area contributed by atoms with Gasteiger partial charge < -0.3 is 19.4 Å². The van der Waals surface area contributed by atoms with Gasteiger partial charge in [0.1, 0.15) is 5.56 Å². The van der Waals surface area contributed by atoms with Crippen LogP contribution in [0.25, 0.3) is 0 Å². The van der Waals surface area contributed by atoms with Crippen molar-refractivity contribution in [2.24, 2.45) is 0 Å². The second kappa shape index (κ2) is 9.38. The zero-order valence-electron chi connectivity index (χ0n) is 16.6. The van der Waals surface area contributed by atoms with E-state index in [-0.39, 0.29) is 17.0 Å². The molecule has 0 aliphatic carbocycles. The van der Waals surface area contributed by atoms with Crippen LogP contribution in [0.5, 0.6) is 11.5 Å². The molecule has 0 fully saturated rings. The van der Waals surface area contributed by atoms with Gasteiger partial charge in [-0.25, -0.2) is 0 Å². The number of nitrogens with one attached hydrogen (secondary N) is 1. The number of nitrogens with zero attached hydrogens (tertiary/aromatic N) is 2. The highest BCUT2D eigenvalue weighted by atomic mass is 32.1. The highest BCUT2D eigenvalue weighted by Crippen LogP contribution is 2.27. The van der Waals surface area contributed by atoms with Gasteiger partial charge in [-0.3, -0.25) is 14.6 Å². The third kappa shape index (κ3) is 4.83. The maximum Gasteiger partial charge on any atom is 0.263 e. The van der Waals surface area contributed by atoms with Crippen molar-refractivity contribution in [2.75, 3.05) is 14.2 Å². The lowest BCUT2D eigenvalue weighted by Gasteiger charge is -2.12. The Morgan fingerprint density at radius 3 is 2.69 bits per heavy atom. The SMILES string of the molecule is COc1ccc(CCn2ccc(C)c(C(=O)NCc3cncs3)c2=O)cc1OC. The molecule has 0 unspecified atom stereocenters. The Labute approximate surface area is 172 Å². The molecule has 29 heavy (non-hydrogen) atoms. The maximum atomic E-state index is 12.9. The van der Waals surface area contributed by atoms with Gasteiger partial charge in [-0.1, -0.05) is 6.07 Å². The summed E-state index contributed by atoms with van der Waals surface area (Å²) in [5.41, 5.74) is 3.23. The molecule has 0 bridgehead atoms. The van der Waals surface area contributed by atoms with Crippen LogP contribution in [-0.2, 0) is 19.5 Å². The molecule has 152 valence electrons. The Morgan fingerprint density at radius 1 is 1.21 bits per heavy atom. The molecule has 3 aromatic rings. The monoisotopic (exact) mass is 413 g/mol. The predicted octanol–water partition coefficient (Wildman–Crippen LogP) is 2.80. The summed E-state index contributed by atoms with van der Waals surface area (Å²) in [6.07, 6.45) is 4.04. The van der Waals surface area contributed by atoms with Crippen molar-refractivity contribution in [3.8, 4) is 11.5 Å². The average molecular weight is 413 g/mol. The molecule has 3 rings (SSSR count). The van der Waals surface area contributed by atoms with E-state index < -0.39 is 0 Å². The van der Waals surface area contributed by atoms with Crippen LogP contribution < -0.4 is 20.3 Å². The first-order valence-electron chi connectivity index (χ1n) is 9.10. The molecule has 1 amide bonds. The number of amides is 1. The van der Waals surface area contributed by atoms with Crippen LogP contribution in [0, 0.1) is 6.92 Å². The number of methoxy groups -OCH3 is 2. The lowest BCUT2D eigenvalue weighted by Crippen LogP contribution is -2.34. The number of ether oxygens (including phenoxy) is 2. The Balaban J connectivity index is 1.74. The van der Waals surface area contributed by atoms with E-state index >= 15 is 0 Å². The molecule has 0 radical (unpaired) electrons. The zero-order valence-corrected chi connectivity index (χ0v) is 17.4. The van der Waals surface area contributed by atoms with E-state index in [0.717, 1.165) is 10.4 Å². The van der Waals surface area contributed by atoms with Crippen LogP contribution in [-0.4, -0.2) is 29.7 Å². The topological polar surface area (TPSA) is 82.5 Å². The predicted molar refractivity (Wildman–Crippen MR) is 112 cm³/mol. The summed E-state index contributed by atoms with van der Waals surface area (Å²) in [6, 6.07) is 7.45. The number of aromatic nitrogens is 2. The molecule has 2 heterocycles. The lowest BCUT2D eigenvalue weighted by atomic mass is 10.1. The number of carbonyl (C=O) groups is 1. The summed E-state index contributed by atoms with van der Waals surface area (Å²) in [5, 5.41) is 2.80. The first-order chi connectivity index (χ1) is 14.0. The van der Waals surface area contributed by atoms with E-state index in [2.05, 4.69) is 10.3 Å². The molecule has 0 spiro atoms. The summed E-state index contributed by atoms with van der Waals surface area (Å²) in [5.74, 6) is 0.925. The summed E-state index contributed by atoms with van der Waals surface area (Å²) in [6.45, 7) is 2.56. The van der Waals surface area contributed by atoms with Gasteiger partial charge in [0, 0.05) is 23.8 Å². The molecule has 0 aliphatic heterocycles. The molecule has 1 aromatic carbocycles. The fourth-order valence-corrected chi connectivity index (χ4v) is 3.52. The zero-order chi connectivity index (χ0) is 20.8. The third-order valence-electron chi connectivity index (χ3n) is 4.60. The third-order valence-corrected chi connectivity index (χ3v) is 5.38. The Morgan fingerprint density at radius 2 is 2.00 bits per heavy atom. The molecule has 0 atom stereocenters. The Bertz CT molecular complexity index is 1040. The van der Waals surface area contributed by atoms with Crippen molar-refractivity contribution >= 4 is 17.2 Å². The molecular weight excluding hydrogens is 390 g/mol. The number of hydrogen-bond acceptors (Lipinski definition) is 6. The number of pyridine rings is 1. The normalized spacial score (nSPS) is 10.6. The van der Waals surface area contributed by atoms with Crippen molar-refractivity contribution in [2.45, 2.75) is 26.4 Å². The van der Waals surface area contributed by atoms with Gasteiger partial charge in [0.15, 0.2) is 11.5 Å². The van der Waals surface area contributed by atoms with Gasteiger partial charge in [0.2, 0.25) is 0 Å². The summed E-state index contributed by atoms with van der Waals surface area (Å²) < 4.78 is 12.1. The fraction of sp³-hybridized carbons (Fsp3) is 0.286. The van der Waals surface area contributed by atoms with Gasteiger partial charge in [-0.15, -0.1) is 11.3 Å². The van der Waals surface area contributed by atoms with Gasteiger partial charge in [-0.2, -0.15) is 0 Å². The van der Waals surface area contributed by atoms with E-state index in [1.165, 1.54) is 11.3 Å². The van der Waals surface area contributed by atoms with Gasteiger partial charge >= 0.3 is 0 Å². The molecular formula is C21H23N3O4S. The molecule has 7 nitrogen and oxygen atoms in total. The minimum absolute atomic E-state index is 0.171. The second-order valence-corrected chi connectivity index (χ2v) is 7.43. The molecule has 0 saturated heterocycles. The molecule has 8 heteroatoms. The number of benzene rings is 1. The quantitative estimate of drug-likeness (QED) is 0.614. The number of carbonyl (C=O) groups excluding carboxylic acids is 1. The standard InChI is InChI=1S/C21H23N3O4S/c1-14-6-8-24(9-7-15-4-5-17(27-2)18(10-15)28-3)21(26)19(14)20(25)23-12-16-11-22-13-29-16/h4-6,8,10-11,13H,7,9,12H2,1-3H3,(H,23,25). The highest BCUT2D eigenvalue weighted by molar-refractivity contribution is 7.09. The number of thiazole rings is 1. The van der Waals surface area contributed by atoms with Gasteiger partial charge in [0.25, 0.3) is 11.5 Å². The lowest BCUT2D eigenvalue weighted by molar-refractivity contribution is 0.0948. The second-order valence-electron chi connectivity index (χ2n) is 6.46. The fourth-order valence-electron chi connectivity index (χ4n) is 2.99. The number of hydrogen-bond donors (Lipinski definition) is 1. The van der Waals surface area contributed by atoms with Crippen molar-refractivity contribution in [1.29, 1.82) is 0 Å². The first-order valence-corrected chi connectivity index (χ1v) is 9.98. The van der Waals surface area contributed by atoms with Crippen LogP contribution in [0.4, 0.5) is 0 Å². The largest absolute Gasteiger partial charge is 0.493 e. The molecule has 2 aromatic heterocycles. The first kappa shape index (κ1) is 20.6. The van der Waals surface area contributed by atoms with E-state index in [9.17, 15) is 9.59 Å². The maximum absolute atomic E-state index is 12.9. The minimum atomic E-state index is -0.374. The Hall–Kier alpha value is -3.13. The van der Waals surface area contributed by atoms with Crippen LogP contribution in [0.1, 0.15) is 26.4 Å². The summed E-state index contributed by atoms with van der Waals surface area (Å²) >= 11 is 1.45. The van der Waals surface area contributed by atoms with E-state index in [1.54, 1.807) is 49.7 Å². The van der Waals surface area contributed by atoms with Gasteiger partial charge in [-0.05, 0) is 42.7 Å². The van der Waals surface area contributed by atoms with Crippen LogP contribution >= 0.6 is 11.3 Å². The summed E-state index contributed by atoms with van der Waals surface area (Å²) in [7, 11) is 3.17. The van der Waals surface area contributed by atoms with Crippen molar-refractivity contribution in [1.82, 2.24) is 14.9 Å². The minimum Gasteiger partial charge on any atom is -0.493 e. The molecule has 0 saturated carbocycles. The smallest absolute Gasteiger partial charge is 0.263 e. The Kier molecular flexibility index (Phi) is 6.66. The van der Waals surface area contributed by atoms with E-state index in [0.29, 0.717) is 36.6 Å². The molecule has 1 N–H and O–H groups in total. The van der Waals surface area contributed by atoms with Crippen molar-refractivity contribution < 1.29 is 14.3 Å². The number of aryl methyl sites for hydroxylation is 3. The highest BCUT2D eigenvalue weighted by Gasteiger charge is 2.16. The molecule has 0 aliphatic rings. The van der Waals surface area contributed by atoms with Gasteiger partial charge in [0.05, 0.1) is 26.3 Å². The van der Waals surface area contributed by atoms with E-state index in [1.807, 2.05) is 18.2 Å². The number of rotatable bonds is 8.